The first kappa shape index (κ1) is 27.6. The maximum atomic E-state index is 16.0. The number of hydrogen-bond donors (Lipinski definition) is 1. The Balaban J connectivity index is 1.70. The van der Waals surface area contributed by atoms with Gasteiger partial charge in [0.1, 0.15) is 17.2 Å². The number of carbonyl (C=O) groups excluding carboxylic acids is 1. The lowest BCUT2D eigenvalue weighted by molar-refractivity contribution is -0.128. The second kappa shape index (κ2) is 10.0. The summed E-state index contributed by atoms with van der Waals surface area (Å²) in [6.45, 7) is 12.3. The second-order valence-electron chi connectivity index (χ2n) is 11.4. The summed E-state index contributed by atoms with van der Waals surface area (Å²) in [6.07, 6.45) is 3.36. The second-order valence-corrected chi connectivity index (χ2v) is 11.4. The van der Waals surface area contributed by atoms with Gasteiger partial charge in [0.05, 0.1) is 28.7 Å². The molecule has 8 nitrogen and oxygen atoms in total. The Kier molecular flexibility index (Phi) is 6.59. The molecule has 2 aliphatic heterocycles. The minimum absolute atomic E-state index is 0.0353. The third-order valence-electron chi connectivity index (χ3n) is 8.40. The lowest BCUT2D eigenvalue weighted by atomic mass is 10.0. The predicted octanol–water partition coefficient (Wildman–Crippen LogP) is 4.89. The number of hydrogen-bond acceptors (Lipinski definition) is 6. The Morgan fingerprint density at radius 3 is 2.62 bits per heavy atom. The maximum absolute atomic E-state index is 16.0. The van der Waals surface area contributed by atoms with Crippen molar-refractivity contribution in [3.63, 3.8) is 0 Å². The highest BCUT2D eigenvalue weighted by Crippen LogP contribution is 2.42. The SMILES string of the molecule is C=CC(=O)N1CC2Cc3c(c4cc(F)c(-c5c(N)cccc5F)nc4n(-c4c(C)ccnc4C(C)C)c3=O)N2CC1C. The van der Waals surface area contributed by atoms with E-state index in [2.05, 4.69) is 21.4 Å². The Bertz CT molecular complexity index is 1830. The molecular weight excluding hydrogens is 538 g/mol. The van der Waals surface area contributed by atoms with Crippen LogP contribution in [0, 0.1) is 18.6 Å². The molecule has 0 spiro atoms. The molecule has 1 amide bonds. The number of amides is 1. The van der Waals surface area contributed by atoms with Crippen LogP contribution in [-0.2, 0) is 11.2 Å². The Morgan fingerprint density at radius 2 is 1.93 bits per heavy atom. The smallest absolute Gasteiger partial charge is 0.262 e. The first-order valence-electron chi connectivity index (χ1n) is 14.0. The Hall–Kier alpha value is -4.60. The van der Waals surface area contributed by atoms with E-state index in [0.29, 0.717) is 47.5 Å². The van der Waals surface area contributed by atoms with E-state index in [0.717, 1.165) is 5.56 Å². The molecule has 2 aliphatic rings. The van der Waals surface area contributed by atoms with E-state index in [-0.39, 0.29) is 52.1 Å². The van der Waals surface area contributed by atoms with Crippen LogP contribution in [0.2, 0.25) is 0 Å². The van der Waals surface area contributed by atoms with E-state index < -0.39 is 11.6 Å². The fourth-order valence-corrected chi connectivity index (χ4v) is 6.44. The number of benzene rings is 1. The van der Waals surface area contributed by atoms with Crippen LogP contribution >= 0.6 is 0 Å². The van der Waals surface area contributed by atoms with Gasteiger partial charge in [-0.05, 0) is 55.7 Å². The number of anilines is 2. The monoisotopic (exact) mass is 570 g/mol. The quantitative estimate of drug-likeness (QED) is 0.277. The lowest BCUT2D eigenvalue weighted by Gasteiger charge is -2.43. The first-order valence-corrected chi connectivity index (χ1v) is 14.0. The van der Waals surface area contributed by atoms with Gasteiger partial charge in [0, 0.05) is 48.4 Å². The number of nitrogens with zero attached hydrogens (tertiary/aromatic N) is 5. The minimum Gasteiger partial charge on any atom is -0.398 e. The molecule has 42 heavy (non-hydrogen) atoms. The van der Waals surface area contributed by atoms with Crippen molar-refractivity contribution in [2.75, 3.05) is 23.7 Å². The molecule has 1 saturated heterocycles. The number of fused-ring (bicyclic) bond motifs is 5. The summed E-state index contributed by atoms with van der Waals surface area (Å²) in [6, 6.07) is 6.92. The summed E-state index contributed by atoms with van der Waals surface area (Å²) >= 11 is 0. The summed E-state index contributed by atoms with van der Waals surface area (Å²) in [4.78, 5) is 40.2. The number of rotatable bonds is 4. The topological polar surface area (TPSA) is 97.4 Å². The van der Waals surface area contributed by atoms with Crippen molar-refractivity contribution in [2.24, 2.45) is 0 Å². The molecular formula is C32H32F2N6O2. The average molecular weight is 571 g/mol. The molecule has 0 saturated carbocycles. The first-order chi connectivity index (χ1) is 20.0. The molecule has 3 aromatic heterocycles. The lowest BCUT2D eigenvalue weighted by Crippen LogP contribution is -2.57. The van der Waals surface area contributed by atoms with Crippen LogP contribution in [0.15, 0.2) is 54.0 Å². The van der Waals surface area contributed by atoms with Gasteiger partial charge in [0.15, 0.2) is 5.82 Å². The largest absolute Gasteiger partial charge is 0.398 e. The molecule has 2 atom stereocenters. The van der Waals surface area contributed by atoms with Gasteiger partial charge in [-0.1, -0.05) is 26.5 Å². The van der Waals surface area contributed by atoms with Crippen LogP contribution < -0.4 is 16.2 Å². The van der Waals surface area contributed by atoms with Gasteiger partial charge in [-0.15, -0.1) is 0 Å². The zero-order valence-corrected chi connectivity index (χ0v) is 24.0. The fraction of sp³-hybridized carbons (Fsp3) is 0.312. The number of nitrogens with two attached hydrogens (primary N) is 1. The van der Waals surface area contributed by atoms with Crippen molar-refractivity contribution in [3.8, 4) is 16.9 Å². The van der Waals surface area contributed by atoms with Crippen molar-refractivity contribution in [1.82, 2.24) is 19.4 Å². The zero-order chi connectivity index (χ0) is 30.0. The van der Waals surface area contributed by atoms with E-state index in [1.807, 2.05) is 33.8 Å². The molecule has 4 aromatic rings. The van der Waals surface area contributed by atoms with Crippen LogP contribution in [0.1, 0.15) is 43.5 Å². The third kappa shape index (κ3) is 4.07. The van der Waals surface area contributed by atoms with E-state index in [4.69, 9.17) is 5.73 Å². The minimum atomic E-state index is -0.754. The van der Waals surface area contributed by atoms with Crippen molar-refractivity contribution in [3.05, 3.63) is 88.0 Å². The van der Waals surface area contributed by atoms with Gasteiger partial charge in [-0.25, -0.2) is 13.8 Å². The molecule has 0 radical (unpaired) electrons. The number of nitrogen functional groups attached to an aromatic ring is 1. The van der Waals surface area contributed by atoms with E-state index in [1.165, 1.54) is 34.9 Å². The summed E-state index contributed by atoms with van der Waals surface area (Å²) in [7, 11) is 0. The number of aromatic nitrogens is 3. The van der Waals surface area contributed by atoms with Gasteiger partial charge >= 0.3 is 0 Å². The summed E-state index contributed by atoms with van der Waals surface area (Å²) in [5.74, 6) is -1.68. The van der Waals surface area contributed by atoms with Crippen molar-refractivity contribution < 1.29 is 13.6 Å². The van der Waals surface area contributed by atoms with Crippen LogP contribution in [-0.4, -0.2) is 50.5 Å². The normalized spacial score (nSPS) is 18.0. The molecule has 0 aliphatic carbocycles. The molecule has 1 aromatic carbocycles. The molecule has 2 N–H and O–H groups in total. The highest BCUT2D eigenvalue weighted by atomic mass is 19.1. The van der Waals surface area contributed by atoms with Gasteiger partial charge in [-0.3, -0.25) is 19.1 Å². The summed E-state index contributed by atoms with van der Waals surface area (Å²) in [5, 5.41) is 0.428. The molecule has 216 valence electrons. The van der Waals surface area contributed by atoms with Gasteiger partial charge in [0.25, 0.3) is 5.56 Å². The number of aryl methyl sites for hydroxylation is 1. The predicted molar refractivity (Wildman–Crippen MR) is 160 cm³/mol. The zero-order valence-electron chi connectivity index (χ0n) is 24.0. The molecule has 1 fully saturated rings. The van der Waals surface area contributed by atoms with Gasteiger partial charge < -0.3 is 15.5 Å². The van der Waals surface area contributed by atoms with Crippen LogP contribution in [0.3, 0.4) is 0 Å². The molecule has 5 heterocycles. The van der Waals surface area contributed by atoms with Crippen LogP contribution in [0.5, 0.6) is 0 Å². The number of halogens is 2. The average Bonchev–Trinajstić information content (AvgIpc) is 3.32. The summed E-state index contributed by atoms with van der Waals surface area (Å²) in [5.41, 5.74) is 8.75. The van der Waals surface area contributed by atoms with Crippen LogP contribution in [0.4, 0.5) is 20.2 Å². The molecule has 6 rings (SSSR count). The number of carbonyl (C=O) groups is 1. The summed E-state index contributed by atoms with van der Waals surface area (Å²) < 4.78 is 32.6. The number of pyridine rings is 3. The maximum Gasteiger partial charge on any atom is 0.262 e. The van der Waals surface area contributed by atoms with E-state index in [1.54, 1.807) is 11.1 Å². The van der Waals surface area contributed by atoms with Crippen molar-refractivity contribution >= 4 is 28.3 Å². The van der Waals surface area contributed by atoms with Gasteiger partial charge in [0.2, 0.25) is 5.91 Å². The van der Waals surface area contributed by atoms with Crippen LogP contribution in [0.25, 0.3) is 28.0 Å². The van der Waals surface area contributed by atoms with Crippen molar-refractivity contribution in [1.29, 1.82) is 0 Å². The van der Waals surface area contributed by atoms with E-state index >= 15 is 8.78 Å². The molecule has 0 bridgehead atoms. The third-order valence-corrected chi connectivity index (χ3v) is 8.40. The molecule has 2 unspecified atom stereocenters. The fourth-order valence-electron chi connectivity index (χ4n) is 6.44. The Labute approximate surface area is 242 Å². The molecule has 10 heteroatoms. The van der Waals surface area contributed by atoms with Crippen molar-refractivity contribution in [2.45, 2.75) is 52.1 Å². The Morgan fingerprint density at radius 1 is 1.17 bits per heavy atom. The standard InChI is InChI=1S/C32H32F2N6O2/c1-6-25(41)38-15-19-12-21-30(39(19)14-18(38)5)20-13-23(34)28(26-22(33)8-7-9-24(26)35)37-31(20)40(32(21)42)29-17(4)10-11-36-27(29)16(2)3/h6-11,13,16,18-19H,1,12,14-15,35H2,2-5H3. The van der Waals surface area contributed by atoms with Gasteiger partial charge in [-0.2, -0.15) is 0 Å². The van der Waals surface area contributed by atoms with E-state index in [9.17, 15) is 9.59 Å². The highest BCUT2D eigenvalue weighted by molar-refractivity contribution is 5.96. The number of piperazine rings is 1. The highest BCUT2D eigenvalue weighted by Gasteiger charge is 2.42.